The van der Waals surface area contributed by atoms with E-state index < -0.39 is 0 Å². The number of nitrogens with zero attached hydrogens (tertiary/aromatic N) is 3. The smallest absolute Gasteiger partial charge is 0.267 e. The lowest BCUT2D eigenvalue weighted by Gasteiger charge is -2.13. The Morgan fingerprint density at radius 3 is 2.53 bits per heavy atom. The molecule has 8 heteroatoms. The number of rotatable bonds is 6. The molecular weight excluding hydrogens is 440 g/mol. The molecule has 1 amide bonds. The molecule has 1 aliphatic rings. The van der Waals surface area contributed by atoms with E-state index in [-0.39, 0.29) is 11.5 Å². The molecular formula is C24H24N4O2S2. The van der Waals surface area contributed by atoms with Gasteiger partial charge in [0.25, 0.3) is 11.5 Å². The normalized spacial score (nSPS) is 15.2. The standard InChI is InChI=1S/C24H24N4O2S2/c1-4-11-27-23(30)19(32-24(27)31)12-18-21(25-13-17-8-5-15(2)6-9-17)26-20-10-7-16(3)14-28(20)22(18)29/h5-10,12,14,25H,4,11,13H2,1-3H3/b19-12-. The molecule has 1 aromatic carbocycles. The zero-order chi connectivity index (χ0) is 22.8. The molecule has 6 nitrogen and oxygen atoms in total. The monoisotopic (exact) mass is 464 g/mol. The van der Waals surface area contributed by atoms with Crippen LogP contribution in [0, 0.1) is 13.8 Å². The molecule has 3 heterocycles. The van der Waals surface area contributed by atoms with Crippen LogP contribution in [0.15, 0.2) is 52.3 Å². The van der Waals surface area contributed by atoms with E-state index in [0.717, 1.165) is 17.5 Å². The van der Waals surface area contributed by atoms with Gasteiger partial charge in [-0.05, 0) is 43.5 Å². The second kappa shape index (κ2) is 9.26. The predicted octanol–water partition coefficient (Wildman–Crippen LogP) is 4.53. The predicted molar refractivity (Wildman–Crippen MR) is 135 cm³/mol. The lowest BCUT2D eigenvalue weighted by atomic mass is 10.1. The van der Waals surface area contributed by atoms with Crippen LogP contribution in [0.1, 0.15) is 35.6 Å². The Labute approximate surface area is 196 Å². The van der Waals surface area contributed by atoms with Crippen molar-refractivity contribution < 1.29 is 4.79 Å². The molecule has 0 radical (unpaired) electrons. The van der Waals surface area contributed by atoms with Crippen molar-refractivity contribution in [1.29, 1.82) is 0 Å². The van der Waals surface area contributed by atoms with E-state index in [9.17, 15) is 9.59 Å². The molecule has 32 heavy (non-hydrogen) atoms. The molecule has 1 N–H and O–H groups in total. The first-order valence-electron chi connectivity index (χ1n) is 10.4. The fourth-order valence-corrected chi connectivity index (χ4v) is 4.75. The third-order valence-electron chi connectivity index (χ3n) is 5.18. The number of nitrogens with one attached hydrogen (secondary N) is 1. The minimum atomic E-state index is -0.231. The van der Waals surface area contributed by atoms with Gasteiger partial charge in [0.05, 0.1) is 10.5 Å². The van der Waals surface area contributed by atoms with Gasteiger partial charge < -0.3 is 5.32 Å². The Morgan fingerprint density at radius 1 is 1.09 bits per heavy atom. The second-order valence-electron chi connectivity index (χ2n) is 7.79. The fourth-order valence-electron chi connectivity index (χ4n) is 3.46. The molecule has 3 aromatic rings. The summed E-state index contributed by atoms with van der Waals surface area (Å²) in [6.45, 7) is 7.03. The van der Waals surface area contributed by atoms with Crippen LogP contribution in [-0.4, -0.2) is 31.1 Å². The lowest BCUT2D eigenvalue weighted by molar-refractivity contribution is -0.122. The number of benzene rings is 1. The number of anilines is 1. The van der Waals surface area contributed by atoms with Gasteiger partial charge in [-0.1, -0.05) is 66.8 Å². The average Bonchev–Trinajstić information content (AvgIpc) is 3.04. The van der Waals surface area contributed by atoms with Crippen molar-refractivity contribution in [1.82, 2.24) is 14.3 Å². The minimum Gasteiger partial charge on any atom is -0.365 e. The number of thiocarbonyl (C=S) groups is 1. The van der Waals surface area contributed by atoms with Crippen molar-refractivity contribution in [3.05, 3.63) is 80.1 Å². The summed E-state index contributed by atoms with van der Waals surface area (Å²) in [4.78, 5) is 33.0. The summed E-state index contributed by atoms with van der Waals surface area (Å²) in [5.74, 6) is 0.278. The number of fused-ring (bicyclic) bond motifs is 1. The van der Waals surface area contributed by atoms with Crippen LogP contribution < -0.4 is 10.9 Å². The largest absolute Gasteiger partial charge is 0.365 e. The number of hydrogen-bond donors (Lipinski definition) is 1. The van der Waals surface area contributed by atoms with E-state index in [4.69, 9.17) is 17.2 Å². The number of hydrogen-bond acceptors (Lipinski definition) is 6. The Bertz CT molecular complexity index is 1300. The van der Waals surface area contributed by atoms with E-state index in [2.05, 4.69) is 5.32 Å². The van der Waals surface area contributed by atoms with Crippen LogP contribution >= 0.6 is 24.0 Å². The molecule has 1 saturated heterocycles. The molecule has 0 unspecified atom stereocenters. The Hall–Kier alpha value is -2.97. The average molecular weight is 465 g/mol. The van der Waals surface area contributed by atoms with Crippen molar-refractivity contribution >= 4 is 51.7 Å². The van der Waals surface area contributed by atoms with Crippen LogP contribution in [-0.2, 0) is 11.3 Å². The molecule has 164 valence electrons. The van der Waals surface area contributed by atoms with Crippen LogP contribution in [0.5, 0.6) is 0 Å². The van der Waals surface area contributed by atoms with Crippen LogP contribution in [0.2, 0.25) is 0 Å². The molecule has 0 atom stereocenters. The first-order valence-corrected chi connectivity index (χ1v) is 11.7. The number of carbonyl (C=O) groups excluding carboxylic acids is 1. The molecule has 2 aromatic heterocycles. The third-order valence-corrected chi connectivity index (χ3v) is 6.56. The number of aryl methyl sites for hydroxylation is 2. The summed E-state index contributed by atoms with van der Waals surface area (Å²) in [5, 5.41) is 3.30. The fraction of sp³-hybridized carbons (Fsp3) is 0.250. The molecule has 0 saturated carbocycles. The number of aromatic nitrogens is 2. The van der Waals surface area contributed by atoms with Crippen molar-refractivity contribution in [2.45, 2.75) is 33.7 Å². The Kier molecular flexibility index (Phi) is 6.43. The SMILES string of the molecule is CCCN1C(=O)/C(=C/c2c(NCc3ccc(C)cc3)nc3ccc(C)cn3c2=O)SC1=S. The number of pyridine rings is 1. The van der Waals surface area contributed by atoms with E-state index in [1.807, 2.05) is 57.2 Å². The molecule has 0 spiro atoms. The molecule has 4 rings (SSSR count). The zero-order valence-electron chi connectivity index (χ0n) is 18.2. The van der Waals surface area contributed by atoms with Crippen molar-refractivity contribution in [3.63, 3.8) is 0 Å². The maximum absolute atomic E-state index is 13.4. The summed E-state index contributed by atoms with van der Waals surface area (Å²) >= 11 is 6.60. The molecule has 0 bridgehead atoms. The van der Waals surface area contributed by atoms with Crippen molar-refractivity contribution in [3.8, 4) is 0 Å². The van der Waals surface area contributed by atoms with Crippen LogP contribution in [0.25, 0.3) is 11.7 Å². The highest BCUT2D eigenvalue weighted by molar-refractivity contribution is 8.26. The van der Waals surface area contributed by atoms with E-state index in [1.165, 1.54) is 21.7 Å². The van der Waals surface area contributed by atoms with Crippen molar-refractivity contribution in [2.24, 2.45) is 0 Å². The van der Waals surface area contributed by atoms with Gasteiger partial charge in [0.1, 0.15) is 15.8 Å². The second-order valence-corrected chi connectivity index (χ2v) is 9.46. The summed E-state index contributed by atoms with van der Waals surface area (Å²) in [6, 6.07) is 11.9. The topological polar surface area (TPSA) is 66.7 Å². The van der Waals surface area contributed by atoms with Gasteiger partial charge in [0.2, 0.25) is 0 Å². The molecule has 0 aliphatic carbocycles. The van der Waals surface area contributed by atoms with Gasteiger partial charge >= 0.3 is 0 Å². The highest BCUT2D eigenvalue weighted by atomic mass is 32.2. The highest BCUT2D eigenvalue weighted by Crippen LogP contribution is 2.33. The molecule has 1 aliphatic heterocycles. The van der Waals surface area contributed by atoms with Gasteiger partial charge in [-0.25, -0.2) is 4.98 Å². The Morgan fingerprint density at radius 2 is 1.81 bits per heavy atom. The summed E-state index contributed by atoms with van der Waals surface area (Å²) < 4.78 is 2.03. The van der Waals surface area contributed by atoms with E-state index in [0.29, 0.717) is 39.3 Å². The van der Waals surface area contributed by atoms with Crippen molar-refractivity contribution in [2.75, 3.05) is 11.9 Å². The number of amides is 1. The Balaban J connectivity index is 1.78. The lowest BCUT2D eigenvalue weighted by Crippen LogP contribution is -2.28. The first kappa shape index (κ1) is 22.2. The van der Waals surface area contributed by atoms with Crippen LogP contribution in [0.4, 0.5) is 5.82 Å². The van der Waals surface area contributed by atoms with Gasteiger partial charge in [-0.15, -0.1) is 0 Å². The van der Waals surface area contributed by atoms with E-state index in [1.54, 1.807) is 17.2 Å². The van der Waals surface area contributed by atoms with Gasteiger partial charge in [-0.2, -0.15) is 0 Å². The van der Waals surface area contributed by atoms with Gasteiger partial charge in [-0.3, -0.25) is 18.9 Å². The summed E-state index contributed by atoms with van der Waals surface area (Å²) in [7, 11) is 0. The minimum absolute atomic E-state index is 0.167. The zero-order valence-corrected chi connectivity index (χ0v) is 19.8. The maximum Gasteiger partial charge on any atom is 0.267 e. The maximum atomic E-state index is 13.4. The first-order chi connectivity index (χ1) is 15.4. The molecule has 1 fully saturated rings. The summed E-state index contributed by atoms with van der Waals surface area (Å²) in [5.41, 5.74) is 3.86. The quantitative estimate of drug-likeness (QED) is 0.427. The van der Waals surface area contributed by atoms with Gasteiger partial charge in [0, 0.05) is 19.3 Å². The third kappa shape index (κ3) is 4.47. The number of carbonyl (C=O) groups is 1. The van der Waals surface area contributed by atoms with E-state index >= 15 is 0 Å². The highest BCUT2D eigenvalue weighted by Gasteiger charge is 2.32. The van der Waals surface area contributed by atoms with Crippen LogP contribution in [0.3, 0.4) is 0 Å². The van der Waals surface area contributed by atoms with Gasteiger partial charge in [0.15, 0.2) is 0 Å². The summed E-state index contributed by atoms with van der Waals surface area (Å²) in [6.07, 6.45) is 4.19. The number of thioether (sulfide) groups is 1.